The maximum Gasteiger partial charge on any atom is 0.259 e. The van der Waals surface area contributed by atoms with Crippen LogP contribution < -0.4 is 9.47 Å². The van der Waals surface area contributed by atoms with Gasteiger partial charge in [0, 0.05) is 30.6 Å². The van der Waals surface area contributed by atoms with Crippen LogP contribution in [-0.2, 0) is 4.74 Å². The van der Waals surface area contributed by atoms with Gasteiger partial charge < -0.3 is 23.6 Å². The monoisotopic (exact) mass is 440 g/mol. The second kappa shape index (κ2) is 7.51. The number of aryl methyl sites for hydroxylation is 2. The van der Waals surface area contributed by atoms with Crippen LogP contribution in [0, 0.1) is 25.2 Å². The molecule has 7 heteroatoms. The molecule has 0 N–H and O–H groups in total. The van der Waals surface area contributed by atoms with E-state index in [0.29, 0.717) is 23.6 Å². The van der Waals surface area contributed by atoms with Crippen molar-refractivity contribution in [2.45, 2.75) is 58.7 Å². The molecule has 0 unspecified atom stereocenters. The first-order chi connectivity index (χ1) is 15.2. The molecule has 4 heterocycles. The molecule has 32 heavy (non-hydrogen) atoms. The number of methoxy groups -OCH3 is 1. The van der Waals surface area contributed by atoms with Crippen molar-refractivity contribution < 1.29 is 23.5 Å². The second-order valence-electron chi connectivity index (χ2n) is 10.1. The van der Waals surface area contributed by atoms with Gasteiger partial charge >= 0.3 is 0 Å². The molecule has 2 saturated heterocycles. The van der Waals surface area contributed by atoms with Crippen LogP contribution in [-0.4, -0.2) is 48.4 Å². The molecule has 172 valence electrons. The van der Waals surface area contributed by atoms with Gasteiger partial charge in [-0.1, -0.05) is 5.16 Å². The molecule has 1 spiro atoms. The Balaban J connectivity index is 1.32. The van der Waals surface area contributed by atoms with Crippen molar-refractivity contribution in [2.75, 3.05) is 26.8 Å². The molecule has 0 aliphatic carbocycles. The van der Waals surface area contributed by atoms with Crippen molar-refractivity contribution in [2.24, 2.45) is 11.3 Å². The normalized spacial score (nSPS) is 25.6. The number of ether oxygens (including phenoxy) is 3. The van der Waals surface area contributed by atoms with Crippen LogP contribution in [0.1, 0.15) is 66.6 Å². The van der Waals surface area contributed by atoms with E-state index in [1.54, 1.807) is 14.0 Å². The Bertz CT molecular complexity index is 1020. The van der Waals surface area contributed by atoms with Crippen LogP contribution in [0.2, 0.25) is 0 Å². The van der Waals surface area contributed by atoms with E-state index in [2.05, 4.69) is 25.1 Å². The maximum absolute atomic E-state index is 13.1. The van der Waals surface area contributed by atoms with E-state index in [-0.39, 0.29) is 28.9 Å². The fourth-order valence-corrected chi connectivity index (χ4v) is 5.74. The lowest BCUT2D eigenvalue weighted by Gasteiger charge is -2.54. The third kappa shape index (κ3) is 3.38. The summed E-state index contributed by atoms with van der Waals surface area (Å²) in [6.07, 6.45) is 2.91. The lowest BCUT2D eigenvalue weighted by Crippen LogP contribution is -2.54. The molecule has 2 fully saturated rings. The minimum absolute atomic E-state index is 0.0206. The van der Waals surface area contributed by atoms with Gasteiger partial charge in [0.2, 0.25) is 0 Å². The van der Waals surface area contributed by atoms with E-state index in [9.17, 15) is 4.79 Å². The van der Waals surface area contributed by atoms with E-state index < -0.39 is 0 Å². The average molecular weight is 441 g/mol. The molecule has 1 aromatic carbocycles. The quantitative estimate of drug-likeness (QED) is 0.686. The maximum atomic E-state index is 13.1. The summed E-state index contributed by atoms with van der Waals surface area (Å²) in [5, 5.41) is 3.94. The highest BCUT2D eigenvalue weighted by molar-refractivity contribution is 5.96. The lowest BCUT2D eigenvalue weighted by atomic mass is 9.64. The zero-order chi connectivity index (χ0) is 22.7. The van der Waals surface area contributed by atoms with Gasteiger partial charge in [0.1, 0.15) is 28.4 Å². The van der Waals surface area contributed by atoms with Crippen LogP contribution in [0.25, 0.3) is 0 Å². The predicted octanol–water partition coefficient (Wildman–Crippen LogP) is 4.47. The van der Waals surface area contributed by atoms with Gasteiger partial charge in [0.15, 0.2) is 0 Å². The van der Waals surface area contributed by atoms with Gasteiger partial charge in [0.25, 0.3) is 5.91 Å². The van der Waals surface area contributed by atoms with Crippen LogP contribution in [0.4, 0.5) is 0 Å². The fourth-order valence-electron chi connectivity index (χ4n) is 5.74. The van der Waals surface area contributed by atoms with Crippen molar-refractivity contribution in [3.8, 4) is 11.5 Å². The molecule has 2 aromatic rings. The first-order valence-electron chi connectivity index (χ1n) is 11.4. The smallest absolute Gasteiger partial charge is 0.259 e. The van der Waals surface area contributed by atoms with Crippen molar-refractivity contribution in [1.82, 2.24) is 10.1 Å². The summed E-state index contributed by atoms with van der Waals surface area (Å²) in [7, 11) is 1.67. The number of amides is 1. The van der Waals surface area contributed by atoms with Crippen molar-refractivity contribution in [3.63, 3.8) is 0 Å². The molecule has 3 aliphatic heterocycles. The number of carbonyl (C=O) groups excluding carboxylic acids is 1. The van der Waals surface area contributed by atoms with Crippen LogP contribution in [0.5, 0.6) is 11.5 Å². The summed E-state index contributed by atoms with van der Waals surface area (Å²) >= 11 is 0. The standard InChI is InChI=1S/C25H32N2O5/c1-15-21(16(2)32-26-15)23(28)27-10-8-25(9-11-27)13-19-22(30-14-25)18-7-6-17(29-5)12-20(18)31-24(19,3)4/h6-7,12,19,22H,8-11,13-14H2,1-5H3/t19-,22+/m0/s1. The van der Waals surface area contributed by atoms with Crippen LogP contribution in [0.3, 0.4) is 0 Å². The lowest BCUT2D eigenvalue weighted by molar-refractivity contribution is -0.173. The van der Waals surface area contributed by atoms with Gasteiger partial charge in [-0.2, -0.15) is 0 Å². The van der Waals surface area contributed by atoms with Crippen molar-refractivity contribution >= 4 is 5.91 Å². The molecule has 0 bridgehead atoms. The highest BCUT2D eigenvalue weighted by atomic mass is 16.5. The zero-order valence-corrected chi connectivity index (χ0v) is 19.6. The predicted molar refractivity (Wildman–Crippen MR) is 118 cm³/mol. The SMILES string of the molecule is COc1ccc2c(c1)OC(C)(C)[C@H]1CC3(CCN(C(=O)c4c(C)noc4C)CC3)CO[C@H]21. The number of nitrogens with zero attached hydrogens (tertiary/aromatic N) is 2. The Kier molecular flexibility index (Phi) is 5.00. The number of hydrogen-bond acceptors (Lipinski definition) is 6. The van der Waals surface area contributed by atoms with Crippen molar-refractivity contribution in [1.29, 1.82) is 0 Å². The molecule has 1 aromatic heterocycles. The molecular weight excluding hydrogens is 408 g/mol. The van der Waals surface area contributed by atoms with Crippen molar-refractivity contribution in [3.05, 3.63) is 40.8 Å². The van der Waals surface area contributed by atoms with E-state index in [1.807, 2.05) is 24.0 Å². The molecular formula is C25H32N2O5. The zero-order valence-electron chi connectivity index (χ0n) is 19.6. The minimum atomic E-state index is -0.346. The van der Waals surface area contributed by atoms with Crippen LogP contribution in [0.15, 0.2) is 22.7 Å². The van der Waals surface area contributed by atoms with Gasteiger partial charge in [-0.25, -0.2) is 0 Å². The Hall–Kier alpha value is -2.54. The number of carbonyl (C=O) groups is 1. The first kappa shape index (κ1) is 21.3. The number of hydrogen-bond donors (Lipinski definition) is 0. The Labute approximate surface area is 189 Å². The van der Waals surface area contributed by atoms with E-state index in [4.69, 9.17) is 18.7 Å². The van der Waals surface area contributed by atoms with E-state index in [0.717, 1.165) is 49.4 Å². The third-order valence-electron chi connectivity index (χ3n) is 7.74. The fraction of sp³-hybridized carbons (Fsp3) is 0.600. The first-order valence-corrected chi connectivity index (χ1v) is 11.4. The minimum Gasteiger partial charge on any atom is -0.497 e. The highest BCUT2D eigenvalue weighted by Crippen LogP contribution is 2.55. The van der Waals surface area contributed by atoms with E-state index >= 15 is 0 Å². The molecule has 0 radical (unpaired) electrons. The largest absolute Gasteiger partial charge is 0.497 e. The van der Waals surface area contributed by atoms with Crippen LogP contribution >= 0.6 is 0 Å². The summed E-state index contributed by atoms with van der Waals surface area (Å²) in [4.78, 5) is 15.0. The Morgan fingerprint density at radius 3 is 2.62 bits per heavy atom. The Morgan fingerprint density at radius 2 is 1.97 bits per heavy atom. The summed E-state index contributed by atoms with van der Waals surface area (Å²) in [6, 6.07) is 6.01. The topological polar surface area (TPSA) is 74.0 Å². The Morgan fingerprint density at radius 1 is 1.22 bits per heavy atom. The number of piperidine rings is 1. The number of benzene rings is 1. The molecule has 7 nitrogen and oxygen atoms in total. The van der Waals surface area contributed by atoms with Gasteiger partial charge in [-0.15, -0.1) is 0 Å². The van der Waals surface area contributed by atoms with Gasteiger partial charge in [-0.3, -0.25) is 4.79 Å². The summed E-state index contributed by atoms with van der Waals surface area (Å²) in [5.74, 6) is 2.51. The summed E-state index contributed by atoms with van der Waals surface area (Å²) in [5.41, 5.74) is 2.10. The highest BCUT2D eigenvalue weighted by Gasteiger charge is 2.53. The third-order valence-corrected chi connectivity index (χ3v) is 7.74. The summed E-state index contributed by atoms with van der Waals surface area (Å²) < 4.78 is 23.6. The second-order valence-corrected chi connectivity index (χ2v) is 10.1. The van der Waals surface area contributed by atoms with E-state index in [1.165, 1.54) is 0 Å². The molecule has 3 aliphatic rings. The summed E-state index contributed by atoms with van der Waals surface area (Å²) in [6.45, 7) is 10.1. The molecule has 5 rings (SSSR count). The molecule has 0 saturated carbocycles. The number of aromatic nitrogens is 1. The average Bonchev–Trinajstić information content (AvgIpc) is 3.11. The van der Waals surface area contributed by atoms with Gasteiger partial charge in [0.05, 0.1) is 25.5 Å². The number of rotatable bonds is 2. The molecule has 1 amide bonds. The number of likely N-dealkylation sites (tertiary alicyclic amines) is 1. The molecule has 2 atom stereocenters. The van der Waals surface area contributed by atoms with Gasteiger partial charge in [-0.05, 0) is 64.5 Å². The number of fused-ring (bicyclic) bond motifs is 3.